The molecule has 2 heterocycles. The second-order valence-electron chi connectivity index (χ2n) is 3.27. The minimum atomic E-state index is 0.162. The summed E-state index contributed by atoms with van der Waals surface area (Å²) in [7, 11) is 0. The molecular formula is C9H13N3O. The zero-order chi connectivity index (χ0) is 9.10. The normalized spacial score (nSPS) is 27.8. The molecule has 0 aromatic carbocycles. The topological polar surface area (TPSA) is 58.0 Å². The van der Waals surface area contributed by atoms with Crippen molar-refractivity contribution >= 4 is 0 Å². The molecule has 0 spiro atoms. The largest absolute Gasteiger partial charge is 0.395 e. The Balaban J connectivity index is 2.16. The molecule has 1 aromatic rings. The number of nitrogens with zero attached hydrogens (tertiary/aromatic N) is 2. The number of hydrogen-bond acceptors (Lipinski definition) is 4. The zero-order valence-corrected chi connectivity index (χ0v) is 7.35. The maximum absolute atomic E-state index is 9.09. The van der Waals surface area contributed by atoms with Crippen LogP contribution in [0.5, 0.6) is 0 Å². The summed E-state index contributed by atoms with van der Waals surface area (Å²) in [5, 5.41) is 12.3. The van der Waals surface area contributed by atoms with Gasteiger partial charge >= 0.3 is 0 Å². The third-order valence-electron chi connectivity index (χ3n) is 2.53. The van der Waals surface area contributed by atoms with E-state index in [9.17, 15) is 0 Å². The van der Waals surface area contributed by atoms with Gasteiger partial charge in [0.25, 0.3) is 0 Å². The van der Waals surface area contributed by atoms with Crippen LogP contribution < -0.4 is 5.32 Å². The van der Waals surface area contributed by atoms with Crippen LogP contribution in [-0.2, 0) is 0 Å². The van der Waals surface area contributed by atoms with Crippen molar-refractivity contribution in [2.75, 3.05) is 13.2 Å². The molecule has 2 unspecified atom stereocenters. The number of hydrogen-bond donors (Lipinski definition) is 2. The van der Waals surface area contributed by atoms with Gasteiger partial charge in [0.05, 0.1) is 6.61 Å². The summed E-state index contributed by atoms with van der Waals surface area (Å²) in [5.74, 6) is 0.341. The summed E-state index contributed by atoms with van der Waals surface area (Å²) in [6, 6.07) is 2.08. The molecule has 2 rings (SSSR count). The quantitative estimate of drug-likeness (QED) is 0.666. The van der Waals surface area contributed by atoms with Gasteiger partial charge in [-0.15, -0.1) is 0 Å². The van der Waals surface area contributed by atoms with Gasteiger partial charge in [-0.3, -0.25) is 0 Å². The van der Waals surface area contributed by atoms with Crippen LogP contribution in [0.3, 0.4) is 0 Å². The van der Waals surface area contributed by atoms with E-state index in [1.807, 2.05) is 6.07 Å². The highest BCUT2D eigenvalue weighted by Crippen LogP contribution is 2.25. The van der Waals surface area contributed by atoms with E-state index in [0.29, 0.717) is 5.92 Å². The number of nitrogens with one attached hydrogen (secondary N) is 1. The molecule has 1 aliphatic heterocycles. The van der Waals surface area contributed by atoms with E-state index in [2.05, 4.69) is 15.3 Å². The molecule has 13 heavy (non-hydrogen) atoms. The van der Waals surface area contributed by atoms with Crippen molar-refractivity contribution in [1.82, 2.24) is 15.3 Å². The van der Waals surface area contributed by atoms with Crippen LogP contribution in [-0.4, -0.2) is 34.3 Å². The number of rotatable bonds is 2. The lowest BCUT2D eigenvalue weighted by Gasteiger charge is -2.15. The lowest BCUT2D eigenvalue weighted by molar-refractivity contribution is 0.244. The Bertz CT molecular complexity index is 265. The predicted molar refractivity (Wildman–Crippen MR) is 48.3 cm³/mol. The molecular weight excluding hydrogens is 166 g/mol. The second kappa shape index (κ2) is 3.81. The second-order valence-corrected chi connectivity index (χ2v) is 3.27. The van der Waals surface area contributed by atoms with Gasteiger partial charge in [0.15, 0.2) is 0 Å². The first kappa shape index (κ1) is 8.59. The van der Waals surface area contributed by atoms with Crippen LogP contribution in [0.4, 0.5) is 0 Å². The van der Waals surface area contributed by atoms with E-state index in [0.717, 1.165) is 18.7 Å². The minimum Gasteiger partial charge on any atom is -0.395 e. The maximum atomic E-state index is 9.09. The summed E-state index contributed by atoms with van der Waals surface area (Å²) in [4.78, 5) is 8.07. The predicted octanol–water partition coefficient (Wildman–Crippen LogP) is -0.0856. The Morgan fingerprint density at radius 1 is 1.62 bits per heavy atom. The third kappa shape index (κ3) is 1.68. The van der Waals surface area contributed by atoms with E-state index >= 15 is 0 Å². The Labute approximate surface area is 77.0 Å². The Morgan fingerprint density at radius 2 is 2.54 bits per heavy atom. The number of aromatic nitrogens is 2. The molecule has 1 aliphatic rings. The summed E-state index contributed by atoms with van der Waals surface area (Å²) in [5.41, 5.74) is 1.03. The van der Waals surface area contributed by atoms with Gasteiger partial charge in [-0.05, 0) is 19.0 Å². The fourth-order valence-corrected chi connectivity index (χ4v) is 1.83. The fourth-order valence-electron chi connectivity index (χ4n) is 1.83. The van der Waals surface area contributed by atoms with Crippen molar-refractivity contribution in [3.05, 3.63) is 24.3 Å². The Hall–Kier alpha value is -1.00. The molecule has 0 aliphatic carbocycles. The molecule has 1 saturated heterocycles. The Kier molecular flexibility index (Phi) is 2.52. The van der Waals surface area contributed by atoms with Crippen LogP contribution in [0.15, 0.2) is 18.6 Å². The van der Waals surface area contributed by atoms with Gasteiger partial charge in [-0.25, -0.2) is 9.97 Å². The van der Waals surface area contributed by atoms with Gasteiger partial charge in [0, 0.05) is 23.9 Å². The lowest BCUT2D eigenvalue weighted by Crippen LogP contribution is -2.29. The monoisotopic (exact) mass is 179 g/mol. The van der Waals surface area contributed by atoms with Crippen molar-refractivity contribution in [3.8, 4) is 0 Å². The summed E-state index contributed by atoms with van der Waals surface area (Å²) in [6.45, 7) is 1.13. The zero-order valence-electron chi connectivity index (χ0n) is 7.35. The van der Waals surface area contributed by atoms with E-state index in [1.54, 1.807) is 12.5 Å². The standard InChI is InChI=1S/C9H13N3O/c13-5-9-7(1-4-11-9)8-2-3-10-6-12-8/h2-3,6-7,9,11,13H,1,4-5H2. The van der Waals surface area contributed by atoms with Gasteiger partial charge in [0.2, 0.25) is 0 Å². The van der Waals surface area contributed by atoms with Crippen LogP contribution in [0.2, 0.25) is 0 Å². The Morgan fingerprint density at radius 3 is 3.23 bits per heavy atom. The van der Waals surface area contributed by atoms with Crippen molar-refractivity contribution in [3.63, 3.8) is 0 Å². The highest BCUT2D eigenvalue weighted by atomic mass is 16.3. The highest BCUT2D eigenvalue weighted by Gasteiger charge is 2.28. The van der Waals surface area contributed by atoms with Gasteiger partial charge in [0.1, 0.15) is 6.33 Å². The molecule has 1 fully saturated rings. The number of aliphatic hydroxyl groups excluding tert-OH is 1. The first-order chi connectivity index (χ1) is 6.42. The first-order valence-electron chi connectivity index (χ1n) is 4.52. The molecule has 0 saturated carbocycles. The third-order valence-corrected chi connectivity index (χ3v) is 2.53. The average molecular weight is 179 g/mol. The van der Waals surface area contributed by atoms with Gasteiger partial charge < -0.3 is 10.4 Å². The lowest BCUT2D eigenvalue weighted by atomic mass is 9.97. The minimum absolute atomic E-state index is 0.162. The van der Waals surface area contributed by atoms with Crippen molar-refractivity contribution in [2.24, 2.45) is 0 Å². The smallest absolute Gasteiger partial charge is 0.115 e. The molecule has 2 atom stereocenters. The van der Waals surface area contributed by atoms with Crippen LogP contribution in [0, 0.1) is 0 Å². The fraction of sp³-hybridized carbons (Fsp3) is 0.556. The van der Waals surface area contributed by atoms with E-state index < -0.39 is 0 Å². The average Bonchev–Trinajstić information content (AvgIpc) is 2.67. The number of aliphatic hydroxyl groups is 1. The molecule has 2 N–H and O–H groups in total. The molecule has 4 nitrogen and oxygen atoms in total. The van der Waals surface area contributed by atoms with Crippen LogP contribution in [0.25, 0.3) is 0 Å². The maximum Gasteiger partial charge on any atom is 0.115 e. The summed E-state index contributed by atoms with van der Waals surface area (Å²) in [6.07, 6.45) is 4.35. The van der Waals surface area contributed by atoms with E-state index in [4.69, 9.17) is 5.11 Å². The first-order valence-corrected chi connectivity index (χ1v) is 4.52. The van der Waals surface area contributed by atoms with Crippen molar-refractivity contribution in [2.45, 2.75) is 18.4 Å². The van der Waals surface area contributed by atoms with Gasteiger partial charge in [-0.2, -0.15) is 0 Å². The molecule has 70 valence electrons. The van der Waals surface area contributed by atoms with Crippen molar-refractivity contribution < 1.29 is 5.11 Å². The summed E-state index contributed by atoms with van der Waals surface area (Å²) < 4.78 is 0. The SMILES string of the molecule is OCC1NCCC1c1ccncn1. The van der Waals surface area contributed by atoms with Crippen LogP contribution in [0.1, 0.15) is 18.0 Å². The molecule has 4 heteroatoms. The summed E-state index contributed by atoms with van der Waals surface area (Å²) >= 11 is 0. The molecule has 0 radical (unpaired) electrons. The highest BCUT2D eigenvalue weighted by molar-refractivity contribution is 5.11. The molecule has 0 amide bonds. The molecule has 1 aromatic heterocycles. The van der Waals surface area contributed by atoms with Crippen molar-refractivity contribution in [1.29, 1.82) is 0 Å². The van der Waals surface area contributed by atoms with Gasteiger partial charge in [-0.1, -0.05) is 0 Å². The molecule has 0 bridgehead atoms. The van der Waals surface area contributed by atoms with E-state index in [-0.39, 0.29) is 12.6 Å². The van der Waals surface area contributed by atoms with Crippen LogP contribution >= 0.6 is 0 Å². The van der Waals surface area contributed by atoms with E-state index in [1.165, 1.54) is 0 Å².